The fourth-order valence-corrected chi connectivity index (χ4v) is 7.07. The van der Waals surface area contributed by atoms with Gasteiger partial charge in [-0.25, -0.2) is 8.42 Å². The molecular formula is C21H26N5O3S+. The van der Waals surface area contributed by atoms with Crippen molar-refractivity contribution in [2.24, 2.45) is 21.7 Å². The number of amides is 1. The summed E-state index contributed by atoms with van der Waals surface area (Å²) in [7, 11) is -3.17. The Hall–Kier alpha value is -2.52. The fraction of sp³-hybridized carbons (Fsp3) is 0.476. The summed E-state index contributed by atoms with van der Waals surface area (Å²) in [4.78, 5) is 16.7. The van der Waals surface area contributed by atoms with E-state index in [4.69, 9.17) is 10.8 Å². The van der Waals surface area contributed by atoms with Gasteiger partial charge < -0.3 is 16.0 Å². The Balaban J connectivity index is 1.46. The highest BCUT2D eigenvalue weighted by molar-refractivity contribution is 7.91. The number of primary amides is 1. The number of quaternary nitrogens is 1. The lowest BCUT2D eigenvalue weighted by molar-refractivity contribution is -0.780. The Kier molecular flexibility index (Phi) is 4.37. The molecule has 8 nitrogen and oxygen atoms in total. The number of nitrogens with one attached hydrogen (secondary N) is 1. The van der Waals surface area contributed by atoms with Crippen LogP contribution in [0.4, 0.5) is 5.69 Å². The van der Waals surface area contributed by atoms with E-state index < -0.39 is 15.7 Å². The van der Waals surface area contributed by atoms with Crippen molar-refractivity contribution in [2.45, 2.75) is 49.1 Å². The van der Waals surface area contributed by atoms with Crippen LogP contribution in [0.1, 0.15) is 31.2 Å². The van der Waals surface area contributed by atoms with Crippen LogP contribution >= 0.6 is 0 Å². The summed E-state index contributed by atoms with van der Waals surface area (Å²) in [5.74, 6) is 0.483. The first-order chi connectivity index (χ1) is 14.4. The second-order valence-corrected chi connectivity index (χ2v) is 10.8. The van der Waals surface area contributed by atoms with E-state index in [9.17, 15) is 13.2 Å². The van der Waals surface area contributed by atoms with Gasteiger partial charge in [0, 0.05) is 24.6 Å². The lowest BCUT2D eigenvalue weighted by Crippen LogP contribution is -2.24. The lowest BCUT2D eigenvalue weighted by atomic mass is 10.00. The minimum absolute atomic E-state index is 0.140. The predicted molar refractivity (Wildman–Crippen MR) is 115 cm³/mol. The van der Waals surface area contributed by atoms with Crippen molar-refractivity contribution in [1.82, 2.24) is 0 Å². The first-order valence-corrected chi connectivity index (χ1v) is 12.1. The molecule has 4 aliphatic rings. The Morgan fingerprint density at radius 2 is 2.13 bits per heavy atom. The van der Waals surface area contributed by atoms with Crippen LogP contribution in [0.15, 0.2) is 45.0 Å². The van der Waals surface area contributed by atoms with E-state index in [2.05, 4.69) is 17.0 Å². The van der Waals surface area contributed by atoms with Gasteiger partial charge in [-0.15, -0.1) is 0 Å². The Morgan fingerprint density at radius 3 is 2.90 bits per heavy atom. The maximum atomic E-state index is 12.2. The molecule has 1 saturated carbocycles. The van der Waals surface area contributed by atoms with Crippen LogP contribution in [0.2, 0.25) is 0 Å². The highest BCUT2D eigenvalue weighted by Crippen LogP contribution is 2.54. The maximum Gasteiger partial charge on any atom is 0.258 e. The minimum Gasteiger partial charge on any atom is -0.365 e. The molecule has 30 heavy (non-hydrogen) atoms. The molecule has 4 atom stereocenters. The van der Waals surface area contributed by atoms with Gasteiger partial charge in [-0.05, 0) is 49.7 Å². The largest absolute Gasteiger partial charge is 0.365 e. The van der Waals surface area contributed by atoms with E-state index in [1.165, 1.54) is 6.42 Å². The molecule has 2 unspecified atom stereocenters. The van der Waals surface area contributed by atoms with Crippen molar-refractivity contribution in [3.63, 3.8) is 0 Å². The SMILES string of the molecule is C=NC[C@H]1CCCCC2[C@@H]1[N+]21C=C(C(N)=O)C(Nc2ccc3c(c2)CCS3(=O)=O)=N1. The molecule has 1 aromatic rings. The number of hydrogen-bond donors (Lipinski definition) is 2. The number of carbonyl (C=O) groups excluding carboxylic acids is 1. The van der Waals surface area contributed by atoms with Crippen LogP contribution in [-0.4, -0.2) is 55.9 Å². The number of aliphatic imine (C=N–C) groups is 1. The standard InChI is InChI=1S/C21H25N5O3S/c1-23-11-14-4-2-3-5-17-19(14)26(17)12-16(20(22)27)21(25-26)24-15-6-7-18-13(10-15)8-9-30(18,28)29/h6-7,10,12,14,17,19H,1-5,8-9,11H2,(H2-,22,24,25,27)/p+1/t14-,17?,19-,26?/m1/s1. The molecule has 1 saturated heterocycles. The number of anilines is 1. The molecule has 158 valence electrons. The monoisotopic (exact) mass is 428 g/mol. The van der Waals surface area contributed by atoms with Gasteiger partial charge in [0.2, 0.25) is 5.84 Å². The van der Waals surface area contributed by atoms with Gasteiger partial charge in [-0.1, -0.05) is 11.5 Å². The summed E-state index contributed by atoms with van der Waals surface area (Å²) in [6, 6.07) is 5.82. The van der Waals surface area contributed by atoms with E-state index in [1.54, 1.807) is 12.1 Å². The molecule has 0 bridgehead atoms. The predicted octanol–water partition coefficient (Wildman–Crippen LogP) is 1.58. The molecular weight excluding hydrogens is 402 g/mol. The van der Waals surface area contributed by atoms with Crippen LogP contribution < -0.4 is 11.1 Å². The van der Waals surface area contributed by atoms with E-state index in [0.717, 1.165) is 24.8 Å². The number of fused-ring (bicyclic) bond motifs is 4. The smallest absolute Gasteiger partial charge is 0.258 e. The zero-order chi connectivity index (χ0) is 21.1. The van der Waals surface area contributed by atoms with Crippen LogP contribution in [0.3, 0.4) is 0 Å². The summed E-state index contributed by atoms with van der Waals surface area (Å²) in [6.45, 7) is 4.38. The molecule has 1 aromatic carbocycles. The molecule has 3 heterocycles. The number of carbonyl (C=O) groups is 1. The number of nitrogens with zero attached hydrogens (tertiary/aromatic N) is 3. The van der Waals surface area contributed by atoms with Crippen molar-refractivity contribution in [1.29, 1.82) is 0 Å². The summed E-state index contributed by atoms with van der Waals surface area (Å²) < 4.78 is 24.6. The number of aryl methyl sites for hydroxylation is 1. The summed E-state index contributed by atoms with van der Waals surface area (Å²) in [6.07, 6.45) is 6.89. The highest BCUT2D eigenvalue weighted by Gasteiger charge is 2.72. The Labute approximate surface area is 176 Å². The van der Waals surface area contributed by atoms with Crippen LogP contribution in [0.25, 0.3) is 0 Å². The summed E-state index contributed by atoms with van der Waals surface area (Å²) in [5, 5.41) is 8.17. The van der Waals surface area contributed by atoms with Crippen molar-refractivity contribution >= 4 is 34.0 Å². The second-order valence-electron chi connectivity index (χ2n) is 8.67. The zero-order valence-electron chi connectivity index (χ0n) is 16.8. The molecule has 0 radical (unpaired) electrons. The van der Waals surface area contributed by atoms with Crippen LogP contribution in [0, 0.1) is 5.92 Å². The minimum atomic E-state index is -3.17. The van der Waals surface area contributed by atoms with Gasteiger partial charge in [-0.3, -0.25) is 4.79 Å². The average molecular weight is 429 g/mol. The third-order valence-electron chi connectivity index (χ3n) is 6.91. The molecule has 1 aliphatic carbocycles. The van der Waals surface area contributed by atoms with E-state index >= 15 is 0 Å². The van der Waals surface area contributed by atoms with Crippen molar-refractivity contribution < 1.29 is 17.8 Å². The van der Waals surface area contributed by atoms with Gasteiger partial charge in [-0.2, -0.15) is 4.59 Å². The van der Waals surface area contributed by atoms with Gasteiger partial charge in [0.15, 0.2) is 21.9 Å². The Bertz CT molecular complexity index is 1110. The third kappa shape index (κ3) is 2.91. The molecule has 1 spiro atoms. The molecule has 9 heteroatoms. The molecule has 0 aromatic heterocycles. The maximum absolute atomic E-state index is 12.2. The van der Waals surface area contributed by atoms with E-state index in [0.29, 0.717) is 57.6 Å². The van der Waals surface area contributed by atoms with Gasteiger partial charge in [0.25, 0.3) is 5.91 Å². The van der Waals surface area contributed by atoms with Crippen molar-refractivity contribution in [2.75, 3.05) is 17.6 Å². The molecule has 5 rings (SSSR count). The van der Waals surface area contributed by atoms with Gasteiger partial charge in [0.05, 0.1) is 10.6 Å². The zero-order valence-corrected chi connectivity index (χ0v) is 17.6. The Morgan fingerprint density at radius 1 is 1.33 bits per heavy atom. The quantitative estimate of drug-likeness (QED) is 0.430. The molecule has 2 fully saturated rings. The average Bonchev–Trinajstić information content (AvgIpc) is 3.07. The first kappa shape index (κ1) is 19.4. The highest BCUT2D eigenvalue weighted by atomic mass is 32.2. The summed E-state index contributed by atoms with van der Waals surface area (Å²) >= 11 is 0. The number of rotatable bonds is 4. The number of sulfone groups is 1. The van der Waals surface area contributed by atoms with Crippen LogP contribution in [-0.2, 0) is 21.1 Å². The second kappa shape index (κ2) is 6.75. The van der Waals surface area contributed by atoms with E-state index in [-0.39, 0.29) is 5.75 Å². The van der Waals surface area contributed by atoms with Gasteiger partial charge >= 0.3 is 0 Å². The van der Waals surface area contributed by atoms with Crippen molar-refractivity contribution in [3.05, 3.63) is 35.5 Å². The lowest BCUT2D eigenvalue weighted by Gasteiger charge is -2.14. The normalized spacial score (nSPS) is 33.1. The first-order valence-electron chi connectivity index (χ1n) is 10.4. The van der Waals surface area contributed by atoms with Crippen molar-refractivity contribution in [3.8, 4) is 0 Å². The number of amidine groups is 1. The number of benzene rings is 1. The van der Waals surface area contributed by atoms with Crippen LogP contribution in [0.5, 0.6) is 0 Å². The molecule has 3 aliphatic heterocycles. The number of nitrogens with two attached hydrogens (primary N) is 1. The number of hydrogen-bond acceptors (Lipinski definition) is 6. The van der Waals surface area contributed by atoms with Gasteiger partial charge in [0.1, 0.15) is 11.8 Å². The van der Waals surface area contributed by atoms with E-state index in [1.807, 2.05) is 12.3 Å². The molecule has 1 amide bonds. The fourth-order valence-electron chi connectivity index (χ4n) is 5.53. The third-order valence-corrected chi connectivity index (χ3v) is 8.72. The molecule has 3 N–H and O–H groups in total. The summed E-state index contributed by atoms with van der Waals surface area (Å²) in [5.41, 5.74) is 7.58. The topological polar surface area (TPSA) is 114 Å².